The number of carbonyl (C=O) groups excluding carboxylic acids is 2. The average molecular weight is 470 g/mol. The van der Waals surface area contributed by atoms with Crippen LogP contribution in [0.25, 0.3) is 17.0 Å². The number of amides is 1. The fourth-order valence-corrected chi connectivity index (χ4v) is 4.14. The van der Waals surface area contributed by atoms with E-state index < -0.39 is 23.5 Å². The Labute approximate surface area is 199 Å². The summed E-state index contributed by atoms with van der Waals surface area (Å²) in [6, 6.07) is 19.5. The van der Waals surface area contributed by atoms with E-state index in [1.807, 2.05) is 0 Å². The highest BCUT2D eigenvalue weighted by Gasteiger charge is 2.47. The van der Waals surface area contributed by atoms with E-state index in [0.717, 1.165) is 0 Å². The maximum absolute atomic E-state index is 13.7. The van der Waals surface area contributed by atoms with Crippen LogP contribution >= 0.6 is 0 Å². The van der Waals surface area contributed by atoms with Crippen molar-refractivity contribution in [3.63, 3.8) is 0 Å². The molecular weight excluding hydrogens is 451 g/mol. The van der Waals surface area contributed by atoms with Crippen molar-refractivity contribution >= 4 is 23.1 Å². The number of aromatic nitrogens is 1. The molecular formula is C27H19FN2O5. The maximum atomic E-state index is 13.7. The first-order chi connectivity index (χ1) is 17.0. The second-order valence-corrected chi connectivity index (χ2v) is 7.88. The number of hydrogen-bond donors (Lipinski definition) is 1. The Balaban J connectivity index is 1.68. The first kappa shape index (κ1) is 22.1. The van der Waals surface area contributed by atoms with Gasteiger partial charge in [0.25, 0.3) is 11.7 Å². The van der Waals surface area contributed by atoms with Gasteiger partial charge in [-0.15, -0.1) is 0 Å². The topological polar surface area (TPSA) is 92.9 Å². The normalized spacial score (nSPS) is 17.1. The molecule has 1 aliphatic rings. The Kier molecular flexibility index (Phi) is 5.62. The quantitative estimate of drug-likeness (QED) is 0.247. The Morgan fingerprint density at radius 3 is 2.43 bits per heavy atom. The Morgan fingerprint density at radius 2 is 1.77 bits per heavy atom. The number of Topliss-reactive ketones (excluding diaryl/α,β-unsaturated/α-hetero) is 1. The van der Waals surface area contributed by atoms with E-state index in [4.69, 9.17) is 9.26 Å². The van der Waals surface area contributed by atoms with Crippen molar-refractivity contribution in [1.82, 2.24) is 5.16 Å². The predicted octanol–water partition coefficient (Wildman–Crippen LogP) is 5.12. The summed E-state index contributed by atoms with van der Waals surface area (Å²) >= 11 is 0. The van der Waals surface area contributed by atoms with Crippen LogP contribution in [0.3, 0.4) is 0 Å². The molecule has 1 N–H and O–H groups in total. The van der Waals surface area contributed by atoms with Gasteiger partial charge in [-0.2, -0.15) is 0 Å². The third-order valence-electron chi connectivity index (χ3n) is 5.85. The van der Waals surface area contributed by atoms with Gasteiger partial charge in [0.1, 0.15) is 29.3 Å². The lowest BCUT2D eigenvalue weighted by Gasteiger charge is -2.25. The summed E-state index contributed by atoms with van der Waals surface area (Å²) in [6.45, 7) is 0. The van der Waals surface area contributed by atoms with E-state index in [-0.39, 0.29) is 11.3 Å². The molecule has 1 saturated heterocycles. The highest BCUT2D eigenvalue weighted by atomic mass is 19.1. The van der Waals surface area contributed by atoms with E-state index in [0.29, 0.717) is 33.8 Å². The van der Waals surface area contributed by atoms with Crippen molar-refractivity contribution in [2.24, 2.45) is 0 Å². The molecule has 0 radical (unpaired) electrons. The molecule has 35 heavy (non-hydrogen) atoms. The van der Waals surface area contributed by atoms with Gasteiger partial charge in [-0.3, -0.25) is 14.5 Å². The second kappa shape index (κ2) is 8.90. The molecule has 7 nitrogen and oxygen atoms in total. The van der Waals surface area contributed by atoms with Crippen molar-refractivity contribution in [1.29, 1.82) is 0 Å². The number of rotatable bonds is 5. The van der Waals surface area contributed by atoms with Crippen molar-refractivity contribution in [3.8, 4) is 17.0 Å². The van der Waals surface area contributed by atoms with Crippen LogP contribution in [0.5, 0.6) is 5.75 Å². The van der Waals surface area contributed by atoms with Crippen molar-refractivity contribution < 1.29 is 28.3 Å². The van der Waals surface area contributed by atoms with Crippen LogP contribution in [-0.2, 0) is 9.59 Å². The molecule has 1 unspecified atom stereocenters. The summed E-state index contributed by atoms with van der Waals surface area (Å²) in [7, 11) is 1.52. The summed E-state index contributed by atoms with van der Waals surface area (Å²) < 4.78 is 23.8. The lowest BCUT2D eigenvalue weighted by Crippen LogP contribution is -2.29. The van der Waals surface area contributed by atoms with Gasteiger partial charge >= 0.3 is 0 Å². The SMILES string of the molecule is COc1ccc(C(O)=C2C(=O)C(=O)N(c3cccc(-c4ccon4)c3)C2c2ccc(F)cc2)cc1. The van der Waals surface area contributed by atoms with E-state index in [9.17, 15) is 19.1 Å². The molecule has 0 bridgehead atoms. The van der Waals surface area contributed by atoms with Crippen LogP contribution < -0.4 is 9.64 Å². The molecule has 4 aromatic rings. The van der Waals surface area contributed by atoms with E-state index in [1.165, 1.54) is 42.5 Å². The molecule has 0 aliphatic carbocycles. The third-order valence-corrected chi connectivity index (χ3v) is 5.85. The smallest absolute Gasteiger partial charge is 0.300 e. The molecule has 174 valence electrons. The Hall–Kier alpha value is -4.72. The first-order valence-electron chi connectivity index (χ1n) is 10.7. The zero-order chi connectivity index (χ0) is 24.5. The lowest BCUT2D eigenvalue weighted by atomic mass is 9.95. The minimum absolute atomic E-state index is 0.0985. The molecule has 1 aromatic heterocycles. The molecule has 5 rings (SSSR count). The van der Waals surface area contributed by atoms with Crippen molar-refractivity contribution in [3.05, 3.63) is 108 Å². The predicted molar refractivity (Wildman–Crippen MR) is 126 cm³/mol. The minimum Gasteiger partial charge on any atom is -0.507 e. The number of ether oxygens (including phenoxy) is 1. The monoisotopic (exact) mass is 470 g/mol. The number of halogens is 1. The van der Waals surface area contributed by atoms with Crippen LogP contribution in [0.1, 0.15) is 17.2 Å². The highest BCUT2D eigenvalue weighted by molar-refractivity contribution is 6.51. The zero-order valence-corrected chi connectivity index (χ0v) is 18.5. The number of carbonyl (C=O) groups is 2. The standard InChI is InChI=1S/C27H19FN2O5/c1-34-21-11-7-17(8-12-21)25(31)23-24(16-5-9-19(28)10-6-16)30(27(33)26(23)32)20-4-2-3-18(15-20)22-13-14-35-29-22/h2-15,24,31H,1H3. The zero-order valence-electron chi connectivity index (χ0n) is 18.5. The largest absolute Gasteiger partial charge is 0.507 e. The van der Waals surface area contributed by atoms with Gasteiger partial charge in [-0.25, -0.2) is 4.39 Å². The van der Waals surface area contributed by atoms with Crippen LogP contribution in [0.2, 0.25) is 0 Å². The molecule has 8 heteroatoms. The number of ketones is 1. The molecule has 0 saturated carbocycles. The summed E-state index contributed by atoms with van der Waals surface area (Å²) in [5.74, 6) is -1.89. The fourth-order valence-electron chi connectivity index (χ4n) is 4.14. The lowest BCUT2D eigenvalue weighted by molar-refractivity contribution is -0.132. The average Bonchev–Trinajstić information content (AvgIpc) is 3.52. The van der Waals surface area contributed by atoms with Crippen LogP contribution in [0.4, 0.5) is 10.1 Å². The number of aliphatic hydroxyl groups excluding tert-OH is 1. The molecule has 1 atom stereocenters. The van der Waals surface area contributed by atoms with E-state index >= 15 is 0 Å². The first-order valence-corrected chi connectivity index (χ1v) is 10.7. The molecule has 2 heterocycles. The third kappa shape index (κ3) is 3.95. The second-order valence-electron chi connectivity index (χ2n) is 7.88. The van der Waals surface area contributed by atoms with Crippen molar-refractivity contribution in [2.45, 2.75) is 6.04 Å². The van der Waals surface area contributed by atoms with Crippen LogP contribution in [0.15, 0.2) is 95.2 Å². The van der Waals surface area contributed by atoms with E-state index in [2.05, 4.69) is 5.16 Å². The minimum atomic E-state index is -0.981. The number of anilines is 1. The number of hydrogen-bond acceptors (Lipinski definition) is 6. The van der Waals surface area contributed by atoms with Gasteiger partial charge in [-0.1, -0.05) is 29.4 Å². The number of nitrogens with zero attached hydrogens (tertiary/aromatic N) is 2. The fraction of sp³-hybridized carbons (Fsp3) is 0.0741. The van der Waals surface area contributed by atoms with Gasteiger partial charge < -0.3 is 14.4 Å². The molecule has 3 aromatic carbocycles. The molecule has 1 aliphatic heterocycles. The van der Waals surface area contributed by atoms with Gasteiger partial charge in [0.05, 0.1) is 18.7 Å². The summed E-state index contributed by atoms with van der Waals surface area (Å²) in [4.78, 5) is 27.9. The number of benzene rings is 3. The van der Waals surface area contributed by atoms with Gasteiger partial charge in [0.2, 0.25) is 0 Å². The van der Waals surface area contributed by atoms with Gasteiger partial charge in [0, 0.05) is 22.9 Å². The summed E-state index contributed by atoms with van der Waals surface area (Å²) in [5, 5.41) is 15.1. The number of aliphatic hydroxyl groups is 1. The van der Waals surface area contributed by atoms with E-state index in [1.54, 1.807) is 54.6 Å². The van der Waals surface area contributed by atoms with Gasteiger partial charge in [0.15, 0.2) is 0 Å². The highest BCUT2D eigenvalue weighted by Crippen LogP contribution is 2.43. The Bertz CT molecular complexity index is 1430. The van der Waals surface area contributed by atoms with Gasteiger partial charge in [-0.05, 0) is 54.1 Å². The maximum Gasteiger partial charge on any atom is 0.300 e. The molecule has 1 fully saturated rings. The van der Waals surface area contributed by atoms with Crippen LogP contribution in [-0.4, -0.2) is 29.1 Å². The van der Waals surface area contributed by atoms with Crippen molar-refractivity contribution in [2.75, 3.05) is 12.0 Å². The molecule has 1 amide bonds. The van der Waals surface area contributed by atoms with Crippen LogP contribution in [0, 0.1) is 5.82 Å². The number of methoxy groups -OCH3 is 1. The summed E-state index contributed by atoms with van der Waals surface area (Å²) in [5.41, 5.74) is 2.35. The Morgan fingerprint density at radius 1 is 1.03 bits per heavy atom. The summed E-state index contributed by atoms with van der Waals surface area (Å²) in [6.07, 6.45) is 1.43. The molecule has 0 spiro atoms.